The molecule has 0 aromatic heterocycles. The van der Waals surface area contributed by atoms with Crippen LogP contribution in [0, 0.1) is 9.81 Å². The van der Waals surface area contributed by atoms with Gasteiger partial charge in [-0.1, -0.05) is 0 Å². The Labute approximate surface area is 84.6 Å². The molecule has 82 valence electrons. The van der Waals surface area contributed by atoms with Crippen molar-refractivity contribution in [2.75, 3.05) is 19.6 Å². The average Bonchev–Trinajstić information content (AvgIpc) is 2.16. The molecule has 2 amide bonds. The summed E-state index contributed by atoms with van der Waals surface area (Å²) in [7, 11) is 0. The van der Waals surface area contributed by atoms with Crippen molar-refractivity contribution in [2.24, 2.45) is 10.4 Å². The fraction of sp³-hybridized carbons (Fsp3) is 0.571. The summed E-state index contributed by atoms with van der Waals surface area (Å²) in [5, 5.41) is 4.21. The number of nitroso groups, excluding NO2 is 2. The molecule has 0 aliphatic carbocycles. The van der Waals surface area contributed by atoms with Gasteiger partial charge >= 0.3 is 0 Å². The molecule has 0 aromatic carbocycles. The maximum absolute atomic E-state index is 10.7. The van der Waals surface area contributed by atoms with Crippen LogP contribution in [0.5, 0.6) is 0 Å². The number of hydrogen-bond donors (Lipinski definition) is 0. The second kappa shape index (κ2) is 6.60. The minimum Gasteiger partial charge on any atom is -0.299 e. The number of Topliss-reactive ketones (excluding diaryl/α,β-unsaturated/α-hetero) is 1. The predicted molar refractivity (Wildman–Crippen MR) is 48.7 cm³/mol. The molecule has 0 rings (SSSR count). The van der Waals surface area contributed by atoms with E-state index in [1.165, 1.54) is 6.92 Å². The van der Waals surface area contributed by atoms with Gasteiger partial charge in [0.2, 0.25) is 0 Å². The summed E-state index contributed by atoms with van der Waals surface area (Å²) in [5.74, 6) is -2.35. The van der Waals surface area contributed by atoms with Gasteiger partial charge in [0.05, 0.1) is 19.6 Å². The van der Waals surface area contributed by atoms with Crippen LogP contribution < -0.4 is 0 Å². The first-order valence-corrected chi connectivity index (χ1v) is 3.93. The monoisotopic (exact) mass is 215 g/mol. The molecule has 0 N–H and O–H groups in total. The highest BCUT2D eigenvalue weighted by Gasteiger charge is 2.16. The lowest BCUT2D eigenvalue weighted by Crippen LogP contribution is -2.36. The van der Waals surface area contributed by atoms with Gasteiger partial charge in [-0.25, -0.2) is 0 Å². The molecule has 8 nitrogen and oxygen atoms in total. The van der Waals surface area contributed by atoms with Crippen molar-refractivity contribution in [3.05, 3.63) is 9.81 Å². The highest BCUT2D eigenvalue weighted by Crippen LogP contribution is 1.92. The van der Waals surface area contributed by atoms with Crippen LogP contribution in [-0.4, -0.2) is 42.1 Å². The third-order valence-corrected chi connectivity index (χ3v) is 1.37. The summed E-state index contributed by atoms with van der Waals surface area (Å²) < 4.78 is 0. The average molecular weight is 215 g/mol. The number of hydrogen-bond acceptors (Lipinski definition) is 6. The Morgan fingerprint density at radius 3 is 1.60 bits per heavy atom. The molecule has 0 spiro atoms. The summed E-state index contributed by atoms with van der Waals surface area (Å²) in [6, 6.07) is 0. The van der Waals surface area contributed by atoms with Crippen LogP contribution in [0.15, 0.2) is 10.4 Å². The van der Waals surface area contributed by atoms with Gasteiger partial charge in [-0.2, -0.15) is 0 Å². The van der Waals surface area contributed by atoms with Crippen molar-refractivity contribution in [1.29, 1.82) is 0 Å². The van der Waals surface area contributed by atoms with E-state index in [9.17, 15) is 24.2 Å². The Balaban J connectivity index is 4.35. The molecule has 15 heavy (non-hydrogen) atoms. The molecule has 0 aliphatic heterocycles. The van der Waals surface area contributed by atoms with Gasteiger partial charge in [-0.05, 0) is 6.92 Å². The maximum Gasteiger partial charge on any atom is 0.300 e. The highest BCUT2D eigenvalue weighted by atomic mass is 16.3. The van der Waals surface area contributed by atoms with Crippen LogP contribution in [-0.2, 0) is 14.4 Å². The molecule has 0 aromatic rings. The van der Waals surface area contributed by atoms with Gasteiger partial charge in [0, 0.05) is 10.4 Å². The van der Waals surface area contributed by atoms with E-state index in [0.717, 1.165) is 4.90 Å². The number of amides is 2. The summed E-state index contributed by atoms with van der Waals surface area (Å²) in [6.07, 6.45) is 0. The molecular formula is C7H9N3O5. The molecule has 0 atom stereocenters. The highest BCUT2D eigenvalue weighted by molar-refractivity contribution is 5.84. The van der Waals surface area contributed by atoms with Crippen LogP contribution in [0.4, 0.5) is 0 Å². The lowest BCUT2D eigenvalue weighted by molar-refractivity contribution is -0.123. The molecule has 8 heteroatoms. The van der Waals surface area contributed by atoms with E-state index >= 15 is 0 Å². The van der Waals surface area contributed by atoms with Crippen molar-refractivity contribution in [3.8, 4) is 0 Å². The van der Waals surface area contributed by atoms with Gasteiger partial charge in [-0.15, -0.1) is 9.81 Å². The normalized spacial score (nSPS) is 9.73. The van der Waals surface area contributed by atoms with Crippen LogP contribution in [0.1, 0.15) is 6.92 Å². The van der Waals surface area contributed by atoms with Crippen LogP contribution in [0.2, 0.25) is 0 Å². The van der Waals surface area contributed by atoms with Gasteiger partial charge in [0.25, 0.3) is 11.8 Å². The van der Waals surface area contributed by atoms with Crippen LogP contribution in [0.3, 0.4) is 0 Å². The SMILES string of the molecule is CC(=O)CN(CC(=O)N=O)CC(=O)N=O. The molecule has 0 heterocycles. The van der Waals surface area contributed by atoms with E-state index < -0.39 is 24.9 Å². The molecule has 0 unspecified atom stereocenters. The lowest BCUT2D eigenvalue weighted by atomic mass is 10.3. The Morgan fingerprint density at radius 2 is 1.33 bits per heavy atom. The number of carbonyl (C=O) groups excluding carboxylic acids is 3. The van der Waals surface area contributed by atoms with Gasteiger partial charge in [-0.3, -0.25) is 19.3 Å². The van der Waals surface area contributed by atoms with Crippen LogP contribution >= 0.6 is 0 Å². The maximum atomic E-state index is 10.7. The number of rotatable bonds is 6. The zero-order chi connectivity index (χ0) is 11.8. The number of ketones is 1. The zero-order valence-corrected chi connectivity index (χ0v) is 8.00. The summed E-state index contributed by atoms with van der Waals surface area (Å²) >= 11 is 0. The van der Waals surface area contributed by atoms with Crippen molar-refractivity contribution in [1.82, 2.24) is 4.90 Å². The molecule has 0 saturated heterocycles. The first-order chi connectivity index (χ1) is 6.99. The van der Waals surface area contributed by atoms with E-state index in [1.807, 2.05) is 0 Å². The number of nitrogens with zero attached hydrogens (tertiary/aromatic N) is 3. The Hall–Kier alpha value is -1.83. The molecule has 0 aliphatic rings. The summed E-state index contributed by atoms with van der Waals surface area (Å²) in [4.78, 5) is 52.6. The molecular weight excluding hydrogens is 206 g/mol. The van der Waals surface area contributed by atoms with Gasteiger partial charge in [0.1, 0.15) is 5.78 Å². The summed E-state index contributed by atoms with van der Waals surface area (Å²) in [5.41, 5.74) is 0. The largest absolute Gasteiger partial charge is 0.300 e. The minimum absolute atomic E-state index is 0.220. The topological polar surface area (TPSA) is 113 Å². The molecule has 0 saturated carbocycles. The third kappa shape index (κ3) is 6.27. The Kier molecular flexibility index (Phi) is 5.79. The molecule has 0 fully saturated rings. The Bertz CT molecular complexity index is 279. The lowest BCUT2D eigenvalue weighted by Gasteiger charge is -2.15. The standard InChI is InChI=1S/C7H9N3O5/c1-5(11)2-10(3-6(12)8-14)4-7(13)9-15/h2-4H2,1H3. The first-order valence-electron chi connectivity index (χ1n) is 3.93. The van der Waals surface area contributed by atoms with E-state index in [4.69, 9.17) is 0 Å². The van der Waals surface area contributed by atoms with Crippen molar-refractivity contribution >= 4 is 17.6 Å². The second-order valence-electron chi connectivity index (χ2n) is 2.82. The molecule has 0 bridgehead atoms. The van der Waals surface area contributed by atoms with Crippen molar-refractivity contribution < 1.29 is 14.4 Å². The minimum atomic E-state index is -1.02. The third-order valence-electron chi connectivity index (χ3n) is 1.37. The van der Waals surface area contributed by atoms with E-state index in [1.54, 1.807) is 0 Å². The second-order valence-corrected chi connectivity index (χ2v) is 2.82. The quantitative estimate of drug-likeness (QED) is 0.550. The predicted octanol–water partition coefficient (Wildman–Crippen LogP) is -0.537. The van der Waals surface area contributed by atoms with Crippen molar-refractivity contribution in [3.63, 3.8) is 0 Å². The fourth-order valence-electron chi connectivity index (χ4n) is 0.923. The Morgan fingerprint density at radius 1 is 0.933 bits per heavy atom. The zero-order valence-electron chi connectivity index (χ0n) is 8.00. The summed E-state index contributed by atoms with van der Waals surface area (Å²) in [6.45, 7) is 0.0574. The smallest absolute Gasteiger partial charge is 0.299 e. The fourth-order valence-corrected chi connectivity index (χ4v) is 0.923. The molecule has 0 radical (unpaired) electrons. The number of carbonyl (C=O) groups is 3. The van der Waals surface area contributed by atoms with Gasteiger partial charge in [0.15, 0.2) is 0 Å². The van der Waals surface area contributed by atoms with Crippen LogP contribution in [0.25, 0.3) is 0 Å². The van der Waals surface area contributed by atoms with E-state index in [0.29, 0.717) is 0 Å². The first kappa shape index (κ1) is 13.2. The van der Waals surface area contributed by atoms with E-state index in [2.05, 4.69) is 10.4 Å². The van der Waals surface area contributed by atoms with E-state index in [-0.39, 0.29) is 12.3 Å². The van der Waals surface area contributed by atoms with Gasteiger partial charge < -0.3 is 0 Å². The van der Waals surface area contributed by atoms with Crippen molar-refractivity contribution in [2.45, 2.75) is 6.92 Å².